The highest BCUT2D eigenvalue weighted by Crippen LogP contribution is 2.56. The second kappa shape index (κ2) is 3.14. The number of hydrogen-bond acceptors (Lipinski definition) is 2. The number of fused-ring (bicyclic) bond motifs is 2. The normalized spacial score (nSPS) is 21.7. The number of hydrogen-bond donors (Lipinski definition) is 2. The van der Waals surface area contributed by atoms with Gasteiger partial charge in [0, 0.05) is 18.3 Å². The van der Waals surface area contributed by atoms with Crippen molar-refractivity contribution in [3.8, 4) is 5.75 Å². The first-order valence-electron chi connectivity index (χ1n) is 5.48. The molecule has 1 aromatic rings. The van der Waals surface area contributed by atoms with Crippen molar-refractivity contribution < 1.29 is 5.11 Å². The lowest BCUT2D eigenvalue weighted by Gasteiger charge is -2.16. The van der Waals surface area contributed by atoms with Gasteiger partial charge in [0.15, 0.2) is 0 Å². The average molecular weight is 268 g/mol. The molecule has 3 rings (SSSR count). The Morgan fingerprint density at radius 3 is 2.80 bits per heavy atom. The minimum absolute atomic E-state index is 0.332. The van der Waals surface area contributed by atoms with E-state index in [-0.39, 0.29) is 0 Å². The summed E-state index contributed by atoms with van der Waals surface area (Å²) in [6, 6.07) is 3.95. The predicted octanol–water partition coefficient (Wildman–Crippen LogP) is 3.39. The minimum Gasteiger partial charge on any atom is -0.507 e. The molecule has 0 radical (unpaired) electrons. The zero-order chi connectivity index (χ0) is 10.5. The van der Waals surface area contributed by atoms with Crippen LogP contribution in [0.4, 0.5) is 5.69 Å². The van der Waals surface area contributed by atoms with Crippen LogP contribution in [0, 0.1) is 0 Å². The molecule has 2 N–H and O–H groups in total. The molecule has 80 valence electrons. The Labute approximate surface area is 97.8 Å². The third-order valence-electron chi connectivity index (χ3n) is 3.66. The van der Waals surface area contributed by atoms with E-state index in [1.807, 2.05) is 6.07 Å². The minimum atomic E-state index is 0.332. The maximum absolute atomic E-state index is 9.67. The van der Waals surface area contributed by atoms with Gasteiger partial charge in [-0.15, -0.1) is 0 Å². The lowest BCUT2D eigenvalue weighted by molar-refractivity contribution is 0.471. The average Bonchev–Trinajstić information content (AvgIpc) is 3.00. The van der Waals surface area contributed by atoms with E-state index < -0.39 is 0 Å². The molecule has 15 heavy (non-hydrogen) atoms. The van der Waals surface area contributed by atoms with Crippen molar-refractivity contribution in [3.63, 3.8) is 0 Å². The standard InChI is InChI=1S/C12H14BrNO/c13-9-6-8-10(7-11(9)15)14-5-1-2-12(8)3-4-12/h6-7,14-15H,1-5H2. The van der Waals surface area contributed by atoms with E-state index >= 15 is 0 Å². The topological polar surface area (TPSA) is 32.3 Å². The molecule has 1 aliphatic carbocycles. The Hall–Kier alpha value is -0.700. The second-order valence-electron chi connectivity index (χ2n) is 4.66. The molecule has 0 unspecified atom stereocenters. The van der Waals surface area contributed by atoms with E-state index in [0.717, 1.165) is 16.7 Å². The van der Waals surface area contributed by atoms with Gasteiger partial charge < -0.3 is 10.4 Å². The highest BCUT2D eigenvalue weighted by Gasteiger charge is 2.46. The Kier molecular flexibility index (Phi) is 2.00. The number of halogens is 1. The van der Waals surface area contributed by atoms with Gasteiger partial charge in [-0.1, -0.05) is 0 Å². The largest absolute Gasteiger partial charge is 0.507 e. The summed E-state index contributed by atoms with van der Waals surface area (Å²) < 4.78 is 0.816. The van der Waals surface area contributed by atoms with Crippen molar-refractivity contribution >= 4 is 21.6 Å². The summed E-state index contributed by atoms with van der Waals surface area (Å²) in [5.74, 6) is 0.332. The third-order valence-corrected chi connectivity index (χ3v) is 4.29. The van der Waals surface area contributed by atoms with E-state index in [2.05, 4.69) is 27.3 Å². The van der Waals surface area contributed by atoms with Crippen molar-refractivity contribution in [2.75, 3.05) is 11.9 Å². The molecule has 0 bridgehead atoms. The maximum Gasteiger partial charge on any atom is 0.131 e. The molecule has 0 saturated heterocycles. The molecule has 1 spiro atoms. The van der Waals surface area contributed by atoms with Gasteiger partial charge in [0.25, 0.3) is 0 Å². The zero-order valence-electron chi connectivity index (χ0n) is 8.52. The van der Waals surface area contributed by atoms with E-state index in [0.29, 0.717) is 11.2 Å². The molecule has 1 fully saturated rings. The lowest BCUT2D eigenvalue weighted by atomic mass is 9.91. The van der Waals surface area contributed by atoms with Gasteiger partial charge in [0.05, 0.1) is 4.47 Å². The van der Waals surface area contributed by atoms with Crippen molar-refractivity contribution in [1.29, 1.82) is 0 Å². The molecule has 0 amide bonds. The first-order valence-corrected chi connectivity index (χ1v) is 6.27. The Bertz CT molecular complexity index is 412. The van der Waals surface area contributed by atoms with Crippen LogP contribution in [0.1, 0.15) is 31.2 Å². The zero-order valence-corrected chi connectivity index (χ0v) is 10.1. The first-order chi connectivity index (χ1) is 7.21. The third kappa shape index (κ3) is 1.44. The number of anilines is 1. The SMILES string of the molecule is Oc1cc2c(cc1Br)C1(CCCN2)CC1. The smallest absolute Gasteiger partial charge is 0.131 e. The van der Waals surface area contributed by atoms with Gasteiger partial charge in [0.1, 0.15) is 5.75 Å². The molecule has 2 aliphatic rings. The number of phenols is 1. The van der Waals surface area contributed by atoms with Crippen LogP contribution in [-0.4, -0.2) is 11.7 Å². The molecular weight excluding hydrogens is 254 g/mol. The summed E-state index contributed by atoms with van der Waals surface area (Å²) >= 11 is 3.40. The molecule has 1 saturated carbocycles. The molecule has 0 aromatic heterocycles. The van der Waals surface area contributed by atoms with Crippen molar-refractivity contribution in [1.82, 2.24) is 0 Å². The number of nitrogens with one attached hydrogen (secondary N) is 1. The summed E-state index contributed by atoms with van der Waals surface area (Å²) in [5.41, 5.74) is 2.95. The summed E-state index contributed by atoms with van der Waals surface area (Å²) in [4.78, 5) is 0. The number of aromatic hydroxyl groups is 1. The van der Waals surface area contributed by atoms with Crippen LogP contribution in [-0.2, 0) is 5.41 Å². The Morgan fingerprint density at radius 2 is 2.07 bits per heavy atom. The first kappa shape index (κ1) is 9.52. The lowest BCUT2D eigenvalue weighted by Crippen LogP contribution is -2.05. The van der Waals surface area contributed by atoms with Crippen molar-refractivity contribution in [2.24, 2.45) is 0 Å². The number of benzene rings is 1. The van der Waals surface area contributed by atoms with E-state index in [9.17, 15) is 5.11 Å². The van der Waals surface area contributed by atoms with Gasteiger partial charge in [-0.2, -0.15) is 0 Å². The summed E-state index contributed by atoms with van der Waals surface area (Å²) in [7, 11) is 0. The molecule has 3 heteroatoms. The molecule has 1 heterocycles. The number of phenolic OH excluding ortho intramolecular Hbond substituents is 1. The van der Waals surface area contributed by atoms with Crippen molar-refractivity contribution in [3.05, 3.63) is 22.2 Å². The molecule has 1 aromatic carbocycles. The van der Waals surface area contributed by atoms with Crippen LogP contribution < -0.4 is 5.32 Å². The van der Waals surface area contributed by atoms with Crippen LogP contribution in [0.15, 0.2) is 16.6 Å². The van der Waals surface area contributed by atoms with E-state index in [4.69, 9.17) is 0 Å². The monoisotopic (exact) mass is 267 g/mol. The van der Waals surface area contributed by atoms with Crippen LogP contribution in [0.5, 0.6) is 5.75 Å². The predicted molar refractivity (Wildman–Crippen MR) is 64.4 cm³/mol. The highest BCUT2D eigenvalue weighted by atomic mass is 79.9. The quantitative estimate of drug-likeness (QED) is 0.755. The fraction of sp³-hybridized carbons (Fsp3) is 0.500. The van der Waals surface area contributed by atoms with Gasteiger partial charge in [-0.05, 0) is 58.7 Å². The van der Waals surface area contributed by atoms with Crippen molar-refractivity contribution in [2.45, 2.75) is 31.1 Å². The van der Waals surface area contributed by atoms with Gasteiger partial charge in [-0.3, -0.25) is 0 Å². The van der Waals surface area contributed by atoms with Gasteiger partial charge in [0.2, 0.25) is 0 Å². The molecule has 1 aliphatic heterocycles. The summed E-state index contributed by atoms with van der Waals surface area (Å²) in [6.45, 7) is 1.02. The fourth-order valence-electron chi connectivity index (χ4n) is 2.60. The van der Waals surface area contributed by atoms with Crippen LogP contribution in [0.3, 0.4) is 0 Å². The summed E-state index contributed by atoms with van der Waals surface area (Å²) in [6.07, 6.45) is 5.12. The summed E-state index contributed by atoms with van der Waals surface area (Å²) in [5, 5.41) is 13.1. The molecule has 2 nitrogen and oxygen atoms in total. The fourth-order valence-corrected chi connectivity index (χ4v) is 2.94. The van der Waals surface area contributed by atoms with Gasteiger partial charge >= 0.3 is 0 Å². The van der Waals surface area contributed by atoms with Gasteiger partial charge in [-0.25, -0.2) is 0 Å². The molecule has 0 atom stereocenters. The van der Waals surface area contributed by atoms with E-state index in [1.54, 1.807) is 0 Å². The Balaban J connectivity index is 2.15. The Morgan fingerprint density at radius 1 is 1.27 bits per heavy atom. The van der Waals surface area contributed by atoms with E-state index in [1.165, 1.54) is 31.2 Å². The second-order valence-corrected chi connectivity index (χ2v) is 5.51. The van der Waals surface area contributed by atoms with Crippen LogP contribution >= 0.6 is 15.9 Å². The highest BCUT2D eigenvalue weighted by molar-refractivity contribution is 9.10. The maximum atomic E-state index is 9.67. The van der Waals surface area contributed by atoms with Crippen LogP contribution in [0.25, 0.3) is 0 Å². The molecular formula is C12H14BrNO. The number of rotatable bonds is 0. The van der Waals surface area contributed by atoms with Crippen LogP contribution in [0.2, 0.25) is 0 Å².